The molecule has 6 nitrogen and oxygen atoms in total. The van der Waals surface area contributed by atoms with Crippen LogP contribution in [0.3, 0.4) is 0 Å². The maximum atomic E-state index is 13.0. The van der Waals surface area contributed by atoms with E-state index in [1.807, 2.05) is 0 Å². The number of aromatic nitrogens is 1. The topological polar surface area (TPSA) is 80.3 Å². The van der Waals surface area contributed by atoms with Crippen LogP contribution in [0.4, 0.5) is 8.78 Å². The zero-order valence-electron chi connectivity index (χ0n) is 15.3. The summed E-state index contributed by atoms with van der Waals surface area (Å²) in [7, 11) is 0. The van der Waals surface area contributed by atoms with Gasteiger partial charge in [-0.3, -0.25) is 20.4 Å². The summed E-state index contributed by atoms with van der Waals surface area (Å²) in [4.78, 5) is 28.4. The summed E-state index contributed by atoms with van der Waals surface area (Å²) >= 11 is 1.33. The smallest absolute Gasteiger partial charge is 0.279 e. The first kappa shape index (κ1) is 20.4. The number of hydrogen-bond acceptors (Lipinski definition) is 5. The first-order chi connectivity index (χ1) is 13.9. The minimum Gasteiger partial charge on any atom is -0.481 e. The van der Waals surface area contributed by atoms with Gasteiger partial charge in [-0.05, 0) is 55.5 Å². The SMILES string of the molecule is CC(Oc1ccc(F)cc1)C(=O)NNC(=O)Cc1csc(-c2ccc(F)cc2)n1. The van der Waals surface area contributed by atoms with Crippen LogP contribution >= 0.6 is 11.3 Å². The third-order valence-electron chi connectivity index (χ3n) is 3.81. The Hall–Kier alpha value is -3.33. The van der Waals surface area contributed by atoms with E-state index in [9.17, 15) is 18.4 Å². The molecular weight excluding hydrogens is 400 g/mol. The fraction of sp³-hybridized carbons (Fsp3) is 0.150. The molecule has 2 N–H and O–H groups in total. The van der Waals surface area contributed by atoms with E-state index in [4.69, 9.17) is 4.74 Å². The minimum absolute atomic E-state index is 0.0365. The van der Waals surface area contributed by atoms with Gasteiger partial charge in [0.2, 0.25) is 5.91 Å². The van der Waals surface area contributed by atoms with Gasteiger partial charge in [-0.1, -0.05) is 0 Å². The molecule has 150 valence electrons. The number of benzene rings is 2. The van der Waals surface area contributed by atoms with E-state index >= 15 is 0 Å². The summed E-state index contributed by atoms with van der Waals surface area (Å²) < 4.78 is 31.3. The predicted molar refractivity (Wildman–Crippen MR) is 104 cm³/mol. The van der Waals surface area contributed by atoms with Crippen LogP contribution in [0.25, 0.3) is 10.6 Å². The van der Waals surface area contributed by atoms with E-state index in [2.05, 4.69) is 15.8 Å². The molecule has 0 aliphatic heterocycles. The van der Waals surface area contributed by atoms with Gasteiger partial charge in [0.15, 0.2) is 6.10 Å². The Balaban J connectivity index is 1.47. The molecule has 0 saturated carbocycles. The third kappa shape index (κ3) is 5.82. The van der Waals surface area contributed by atoms with Crippen LogP contribution in [0.5, 0.6) is 5.75 Å². The molecule has 0 fully saturated rings. The molecule has 9 heteroatoms. The number of carbonyl (C=O) groups is 2. The van der Waals surface area contributed by atoms with Crippen LogP contribution in [0, 0.1) is 11.6 Å². The van der Waals surface area contributed by atoms with E-state index in [0.29, 0.717) is 16.5 Å². The van der Waals surface area contributed by atoms with Gasteiger partial charge in [-0.15, -0.1) is 11.3 Å². The van der Waals surface area contributed by atoms with E-state index in [1.54, 1.807) is 17.5 Å². The van der Waals surface area contributed by atoms with Crippen molar-refractivity contribution in [2.24, 2.45) is 0 Å². The minimum atomic E-state index is -0.898. The highest BCUT2D eigenvalue weighted by molar-refractivity contribution is 7.13. The van der Waals surface area contributed by atoms with Gasteiger partial charge in [0.1, 0.15) is 22.4 Å². The van der Waals surface area contributed by atoms with E-state index < -0.39 is 23.7 Å². The quantitative estimate of drug-likeness (QED) is 0.604. The van der Waals surface area contributed by atoms with Crippen molar-refractivity contribution in [2.75, 3.05) is 0 Å². The second-order valence-corrected chi connectivity index (χ2v) is 6.94. The molecule has 0 radical (unpaired) electrons. The number of rotatable bonds is 6. The average Bonchev–Trinajstić information content (AvgIpc) is 3.16. The van der Waals surface area contributed by atoms with Crippen molar-refractivity contribution < 1.29 is 23.1 Å². The number of hydrazine groups is 1. The lowest BCUT2D eigenvalue weighted by Crippen LogP contribution is -2.47. The van der Waals surface area contributed by atoms with Crippen LogP contribution in [-0.2, 0) is 16.0 Å². The first-order valence-electron chi connectivity index (χ1n) is 8.62. The normalized spacial score (nSPS) is 11.6. The molecule has 1 atom stereocenters. The van der Waals surface area contributed by atoms with Gasteiger partial charge in [0.05, 0.1) is 12.1 Å². The highest BCUT2D eigenvalue weighted by Gasteiger charge is 2.16. The molecule has 1 aromatic heterocycles. The average molecular weight is 417 g/mol. The van der Waals surface area contributed by atoms with Crippen LogP contribution < -0.4 is 15.6 Å². The Labute approximate surface area is 169 Å². The lowest BCUT2D eigenvalue weighted by molar-refractivity contribution is -0.132. The molecule has 0 saturated heterocycles. The van der Waals surface area contributed by atoms with Gasteiger partial charge >= 0.3 is 0 Å². The van der Waals surface area contributed by atoms with Crippen molar-refractivity contribution in [1.29, 1.82) is 0 Å². The predicted octanol–water partition coefficient (Wildman–Crippen LogP) is 3.25. The Morgan fingerprint density at radius 2 is 1.66 bits per heavy atom. The van der Waals surface area contributed by atoms with Crippen molar-refractivity contribution in [1.82, 2.24) is 15.8 Å². The van der Waals surface area contributed by atoms with E-state index in [-0.39, 0.29) is 12.2 Å². The van der Waals surface area contributed by atoms with E-state index in [1.165, 1.54) is 54.7 Å². The molecule has 2 amide bonds. The Kier molecular flexibility index (Phi) is 6.50. The van der Waals surface area contributed by atoms with Crippen molar-refractivity contribution in [2.45, 2.75) is 19.4 Å². The van der Waals surface area contributed by atoms with Gasteiger partial charge in [0.25, 0.3) is 5.91 Å². The van der Waals surface area contributed by atoms with Gasteiger partial charge in [-0.2, -0.15) is 0 Å². The number of amides is 2. The fourth-order valence-corrected chi connectivity index (χ4v) is 3.15. The Morgan fingerprint density at radius 3 is 2.31 bits per heavy atom. The Morgan fingerprint density at radius 1 is 1.03 bits per heavy atom. The number of hydrogen-bond donors (Lipinski definition) is 2. The summed E-state index contributed by atoms with van der Waals surface area (Å²) in [6, 6.07) is 11.1. The van der Waals surface area contributed by atoms with Crippen LogP contribution in [0.1, 0.15) is 12.6 Å². The largest absolute Gasteiger partial charge is 0.481 e. The lowest BCUT2D eigenvalue weighted by Gasteiger charge is -2.15. The van der Waals surface area contributed by atoms with Crippen molar-refractivity contribution in [3.63, 3.8) is 0 Å². The zero-order chi connectivity index (χ0) is 20.8. The molecule has 0 bridgehead atoms. The second kappa shape index (κ2) is 9.24. The lowest BCUT2D eigenvalue weighted by atomic mass is 10.2. The number of nitrogens with one attached hydrogen (secondary N) is 2. The summed E-state index contributed by atoms with van der Waals surface area (Å²) in [6.07, 6.45) is -0.935. The molecule has 29 heavy (non-hydrogen) atoms. The molecule has 0 aliphatic carbocycles. The summed E-state index contributed by atoms with van der Waals surface area (Å²) in [5, 5.41) is 2.39. The van der Waals surface area contributed by atoms with Crippen LogP contribution in [-0.4, -0.2) is 22.9 Å². The second-order valence-electron chi connectivity index (χ2n) is 6.08. The molecule has 1 heterocycles. The van der Waals surface area contributed by atoms with Crippen molar-refractivity contribution >= 4 is 23.2 Å². The van der Waals surface area contributed by atoms with Gasteiger partial charge in [0, 0.05) is 10.9 Å². The van der Waals surface area contributed by atoms with E-state index in [0.717, 1.165) is 5.56 Å². The third-order valence-corrected chi connectivity index (χ3v) is 4.75. The van der Waals surface area contributed by atoms with Crippen molar-refractivity contribution in [3.05, 3.63) is 71.2 Å². The first-order valence-corrected chi connectivity index (χ1v) is 9.50. The monoisotopic (exact) mass is 417 g/mol. The molecule has 0 aliphatic rings. The Bertz CT molecular complexity index is 991. The molecular formula is C20H17F2N3O3S. The molecule has 1 unspecified atom stereocenters. The number of carbonyl (C=O) groups excluding carboxylic acids is 2. The molecule has 2 aromatic carbocycles. The molecule has 3 aromatic rings. The summed E-state index contributed by atoms with van der Waals surface area (Å²) in [5.41, 5.74) is 5.85. The molecule has 0 spiro atoms. The number of thiazole rings is 1. The van der Waals surface area contributed by atoms with Crippen LogP contribution in [0.15, 0.2) is 53.9 Å². The highest BCUT2D eigenvalue weighted by Crippen LogP contribution is 2.24. The van der Waals surface area contributed by atoms with Crippen LogP contribution in [0.2, 0.25) is 0 Å². The number of nitrogens with zero attached hydrogens (tertiary/aromatic N) is 1. The van der Waals surface area contributed by atoms with Gasteiger partial charge < -0.3 is 4.74 Å². The molecule has 3 rings (SSSR count). The highest BCUT2D eigenvalue weighted by atomic mass is 32.1. The maximum absolute atomic E-state index is 13.0. The number of ether oxygens (including phenoxy) is 1. The summed E-state index contributed by atoms with van der Waals surface area (Å²) in [6.45, 7) is 1.50. The fourth-order valence-electron chi connectivity index (χ4n) is 2.33. The standard InChI is InChI=1S/C20H17F2N3O3S/c1-12(28-17-8-6-15(22)7-9-17)19(27)25-24-18(26)10-16-11-29-20(23-16)13-2-4-14(21)5-3-13/h2-9,11-12H,10H2,1H3,(H,24,26)(H,25,27). The van der Waals surface area contributed by atoms with Gasteiger partial charge in [-0.25, -0.2) is 13.8 Å². The number of halogens is 2. The summed E-state index contributed by atoms with van der Waals surface area (Å²) in [5.74, 6) is -1.43. The zero-order valence-corrected chi connectivity index (χ0v) is 16.1. The maximum Gasteiger partial charge on any atom is 0.279 e. The van der Waals surface area contributed by atoms with Crippen molar-refractivity contribution in [3.8, 4) is 16.3 Å².